The number of hydrazone groups is 1. The molecule has 1 N–H and O–H groups in total. The van der Waals surface area contributed by atoms with Gasteiger partial charge in [-0.15, -0.1) is 0 Å². The number of rotatable bonds is 2. The maximum absolute atomic E-state index is 10.6. The standard InChI is InChI=1S/C10H11BrN2O/c1-7(12-13-8(2)14)9-4-3-5-10(11)6-9/h3-6H,1-2H3,(H,13,14). The van der Waals surface area contributed by atoms with E-state index in [-0.39, 0.29) is 5.91 Å². The normalized spacial score (nSPS) is 11.2. The first-order valence-corrected chi connectivity index (χ1v) is 4.95. The van der Waals surface area contributed by atoms with E-state index in [1.54, 1.807) is 0 Å². The van der Waals surface area contributed by atoms with Crippen LogP contribution in [0.3, 0.4) is 0 Å². The molecular weight excluding hydrogens is 244 g/mol. The minimum Gasteiger partial charge on any atom is -0.274 e. The summed E-state index contributed by atoms with van der Waals surface area (Å²) in [5.41, 5.74) is 4.16. The third-order valence-electron chi connectivity index (χ3n) is 1.62. The van der Waals surface area contributed by atoms with Gasteiger partial charge < -0.3 is 0 Å². The van der Waals surface area contributed by atoms with E-state index in [9.17, 15) is 4.79 Å². The fraction of sp³-hybridized carbons (Fsp3) is 0.200. The zero-order valence-electron chi connectivity index (χ0n) is 8.04. The van der Waals surface area contributed by atoms with Crippen molar-refractivity contribution in [3.63, 3.8) is 0 Å². The smallest absolute Gasteiger partial charge is 0.236 e. The minimum atomic E-state index is -0.167. The van der Waals surface area contributed by atoms with E-state index in [4.69, 9.17) is 0 Å². The number of nitrogens with one attached hydrogen (secondary N) is 1. The van der Waals surface area contributed by atoms with Crippen molar-refractivity contribution in [2.45, 2.75) is 13.8 Å². The van der Waals surface area contributed by atoms with Crippen LogP contribution in [-0.2, 0) is 4.79 Å². The number of amides is 1. The number of carbonyl (C=O) groups is 1. The van der Waals surface area contributed by atoms with E-state index in [1.165, 1.54) is 6.92 Å². The summed E-state index contributed by atoms with van der Waals surface area (Å²) >= 11 is 3.37. The molecular formula is C10H11BrN2O. The van der Waals surface area contributed by atoms with Gasteiger partial charge in [-0.25, -0.2) is 5.43 Å². The Hall–Kier alpha value is -1.16. The average molecular weight is 255 g/mol. The first kappa shape index (κ1) is 10.9. The van der Waals surface area contributed by atoms with Crippen molar-refractivity contribution in [1.82, 2.24) is 5.43 Å². The van der Waals surface area contributed by atoms with Gasteiger partial charge in [0, 0.05) is 11.4 Å². The van der Waals surface area contributed by atoms with Crippen LogP contribution in [0.1, 0.15) is 19.4 Å². The maximum Gasteiger partial charge on any atom is 0.236 e. The second-order valence-corrected chi connectivity index (χ2v) is 3.79. The highest BCUT2D eigenvalue weighted by atomic mass is 79.9. The van der Waals surface area contributed by atoms with Crippen LogP contribution in [0.4, 0.5) is 0 Å². The minimum absolute atomic E-state index is 0.167. The van der Waals surface area contributed by atoms with Gasteiger partial charge in [0.05, 0.1) is 5.71 Å². The molecule has 4 heteroatoms. The third kappa shape index (κ3) is 3.30. The van der Waals surface area contributed by atoms with E-state index in [0.717, 1.165) is 15.7 Å². The Kier molecular flexibility index (Phi) is 3.83. The van der Waals surface area contributed by atoms with Crippen LogP contribution < -0.4 is 5.43 Å². The Bertz CT molecular complexity index is 374. The lowest BCUT2D eigenvalue weighted by Crippen LogP contribution is -2.14. The first-order valence-electron chi connectivity index (χ1n) is 4.16. The van der Waals surface area contributed by atoms with Gasteiger partial charge in [-0.3, -0.25) is 4.79 Å². The van der Waals surface area contributed by atoms with Crippen LogP contribution >= 0.6 is 15.9 Å². The Morgan fingerprint density at radius 2 is 2.14 bits per heavy atom. The molecule has 1 rings (SSSR count). The summed E-state index contributed by atoms with van der Waals surface area (Å²) in [6.45, 7) is 3.27. The number of nitrogens with zero attached hydrogens (tertiary/aromatic N) is 1. The van der Waals surface area contributed by atoms with Gasteiger partial charge in [-0.05, 0) is 24.6 Å². The number of halogens is 1. The molecule has 0 radical (unpaired) electrons. The molecule has 0 bridgehead atoms. The molecule has 0 saturated carbocycles. The Labute approximate surface area is 91.3 Å². The van der Waals surface area contributed by atoms with Crippen molar-refractivity contribution in [2.75, 3.05) is 0 Å². The average Bonchev–Trinajstić information content (AvgIpc) is 2.14. The van der Waals surface area contributed by atoms with Crippen molar-refractivity contribution >= 4 is 27.5 Å². The molecule has 0 atom stereocenters. The monoisotopic (exact) mass is 254 g/mol. The SMILES string of the molecule is CC(=O)NN=C(C)c1cccc(Br)c1. The van der Waals surface area contributed by atoms with Crippen molar-refractivity contribution in [3.8, 4) is 0 Å². The molecule has 0 aliphatic rings. The van der Waals surface area contributed by atoms with Gasteiger partial charge >= 0.3 is 0 Å². The maximum atomic E-state index is 10.6. The highest BCUT2D eigenvalue weighted by Gasteiger charge is 1.97. The molecule has 0 aliphatic carbocycles. The van der Waals surface area contributed by atoms with E-state index in [1.807, 2.05) is 31.2 Å². The van der Waals surface area contributed by atoms with E-state index >= 15 is 0 Å². The molecule has 14 heavy (non-hydrogen) atoms. The topological polar surface area (TPSA) is 41.5 Å². The number of hydrogen-bond donors (Lipinski definition) is 1. The summed E-state index contributed by atoms with van der Waals surface area (Å²) in [6.07, 6.45) is 0. The summed E-state index contributed by atoms with van der Waals surface area (Å²) in [6, 6.07) is 7.74. The van der Waals surface area contributed by atoms with Gasteiger partial charge in [-0.2, -0.15) is 5.10 Å². The molecule has 74 valence electrons. The first-order chi connectivity index (χ1) is 6.59. The molecule has 0 spiro atoms. The number of hydrogen-bond acceptors (Lipinski definition) is 2. The lowest BCUT2D eigenvalue weighted by atomic mass is 10.1. The molecule has 0 fully saturated rings. The van der Waals surface area contributed by atoms with Crippen LogP contribution in [0.5, 0.6) is 0 Å². The van der Waals surface area contributed by atoms with Gasteiger partial charge in [-0.1, -0.05) is 28.1 Å². The quantitative estimate of drug-likeness (QED) is 0.639. The number of benzene rings is 1. The van der Waals surface area contributed by atoms with E-state index in [2.05, 4.69) is 26.5 Å². The van der Waals surface area contributed by atoms with Crippen molar-refractivity contribution in [1.29, 1.82) is 0 Å². The highest BCUT2D eigenvalue weighted by Crippen LogP contribution is 2.12. The van der Waals surface area contributed by atoms with Gasteiger partial charge in [0.1, 0.15) is 0 Å². The lowest BCUT2D eigenvalue weighted by molar-refractivity contribution is -0.118. The molecule has 1 aromatic carbocycles. The molecule has 0 unspecified atom stereocenters. The summed E-state index contributed by atoms with van der Waals surface area (Å²) in [5, 5.41) is 3.93. The van der Waals surface area contributed by atoms with Gasteiger partial charge in [0.15, 0.2) is 0 Å². The zero-order chi connectivity index (χ0) is 10.6. The summed E-state index contributed by atoms with van der Waals surface area (Å²) in [4.78, 5) is 10.6. The van der Waals surface area contributed by atoms with Gasteiger partial charge in [0.25, 0.3) is 0 Å². The Morgan fingerprint density at radius 1 is 1.43 bits per heavy atom. The van der Waals surface area contributed by atoms with E-state index < -0.39 is 0 Å². The molecule has 3 nitrogen and oxygen atoms in total. The van der Waals surface area contributed by atoms with Crippen LogP contribution in [0, 0.1) is 0 Å². The molecule has 0 heterocycles. The second-order valence-electron chi connectivity index (χ2n) is 2.88. The fourth-order valence-corrected chi connectivity index (χ4v) is 1.34. The molecule has 1 aromatic rings. The molecule has 0 aromatic heterocycles. The van der Waals surface area contributed by atoms with Crippen LogP contribution in [0.25, 0.3) is 0 Å². The Morgan fingerprint density at radius 3 is 2.71 bits per heavy atom. The molecule has 0 saturated heterocycles. The van der Waals surface area contributed by atoms with E-state index in [0.29, 0.717) is 0 Å². The summed E-state index contributed by atoms with van der Waals surface area (Å²) in [5.74, 6) is -0.167. The summed E-state index contributed by atoms with van der Waals surface area (Å²) < 4.78 is 0.993. The third-order valence-corrected chi connectivity index (χ3v) is 2.12. The van der Waals surface area contributed by atoms with Crippen LogP contribution in [-0.4, -0.2) is 11.6 Å². The summed E-state index contributed by atoms with van der Waals surface area (Å²) in [7, 11) is 0. The molecule has 1 amide bonds. The van der Waals surface area contributed by atoms with Gasteiger partial charge in [0.2, 0.25) is 5.91 Å². The second kappa shape index (κ2) is 4.91. The largest absolute Gasteiger partial charge is 0.274 e. The van der Waals surface area contributed by atoms with Crippen LogP contribution in [0.2, 0.25) is 0 Å². The number of carbonyl (C=O) groups excluding carboxylic acids is 1. The lowest BCUT2D eigenvalue weighted by Gasteiger charge is -2.01. The Balaban J connectivity index is 2.83. The zero-order valence-corrected chi connectivity index (χ0v) is 9.63. The fourth-order valence-electron chi connectivity index (χ4n) is 0.941. The predicted octanol–water partition coefficient (Wildman–Crippen LogP) is 2.31. The van der Waals surface area contributed by atoms with Crippen molar-refractivity contribution in [3.05, 3.63) is 34.3 Å². The predicted molar refractivity (Wildman–Crippen MR) is 60.2 cm³/mol. The van der Waals surface area contributed by atoms with Crippen molar-refractivity contribution < 1.29 is 4.79 Å². The van der Waals surface area contributed by atoms with Crippen LogP contribution in [0.15, 0.2) is 33.8 Å². The van der Waals surface area contributed by atoms with Crippen molar-refractivity contribution in [2.24, 2.45) is 5.10 Å². The molecule has 0 aliphatic heterocycles. The highest BCUT2D eigenvalue weighted by molar-refractivity contribution is 9.10.